The molecule has 1 N–H and O–H groups in total. The molecular weight excluding hydrogens is 319 g/mol. The van der Waals surface area contributed by atoms with E-state index in [1.807, 2.05) is 0 Å². The maximum atomic E-state index is 13.2. The van der Waals surface area contributed by atoms with Crippen molar-refractivity contribution in [1.82, 2.24) is 10.2 Å². The largest absolute Gasteiger partial charge is 0.403 e. The van der Waals surface area contributed by atoms with Crippen LogP contribution in [0.4, 0.5) is 24.9 Å². The van der Waals surface area contributed by atoms with E-state index >= 15 is 0 Å². The lowest BCUT2D eigenvalue weighted by molar-refractivity contribution is 0.447. The van der Waals surface area contributed by atoms with E-state index < -0.39 is 17.5 Å². The molecule has 0 fully saturated rings. The van der Waals surface area contributed by atoms with E-state index in [-0.39, 0.29) is 17.5 Å². The highest BCUT2D eigenvalue weighted by Gasteiger charge is 2.15. The topological polar surface area (TPSA) is 51.0 Å². The molecule has 22 heavy (non-hydrogen) atoms. The first-order valence-corrected chi connectivity index (χ1v) is 6.42. The minimum Gasteiger partial charge on any atom is -0.403 e. The van der Waals surface area contributed by atoms with Crippen LogP contribution in [0, 0.1) is 17.5 Å². The first-order valence-electron chi connectivity index (χ1n) is 6.04. The van der Waals surface area contributed by atoms with Crippen molar-refractivity contribution in [3.63, 3.8) is 0 Å². The fraction of sp³-hybridized carbons (Fsp3) is 0. The Bertz CT molecular complexity index is 797. The van der Waals surface area contributed by atoms with Gasteiger partial charge in [0.15, 0.2) is 17.5 Å². The number of aromatic nitrogens is 2. The number of halogens is 4. The van der Waals surface area contributed by atoms with Crippen molar-refractivity contribution in [1.29, 1.82) is 0 Å². The van der Waals surface area contributed by atoms with Gasteiger partial charge in [-0.15, -0.1) is 5.10 Å². The van der Waals surface area contributed by atoms with Crippen LogP contribution in [0.3, 0.4) is 0 Å². The van der Waals surface area contributed by atoms with Crippen molar-refractivity contribution >= 4 is 23.3 Å². The number of rotatable bonds is 3. The van der Waals surface area contributed by atoms with Crippen LogP contribution in [0.5, 0.6) is 0 Å². The Kier molecular flexibility index (Phi) is 3.72. The molecule has 0 unspecified atom stereocenters. The van der Waals surface area contributed by atoms with Crippen LogP contribution in [-0.4, -0.2) is 10.2 Å². The monoisotopic (exact) mass is 325 g/mol. The minimum atomic E-state index is -1.55. The average Bonchev–Trinajstić information content (AvgIpc) is 2.95. The average molecular weight is 326 g/mol. The molecule has 0 aliphatic carbocycles. The Hall–Kier alpha value is -2.54. The molecule has 3 rings (SSSR count). The van der Waals surface area contributed by atoms with Crippen LogP contribution in [0.25, 0.3) is 11.5 Å². The third kappa shape index (κ3) is 2.89. The summed E-state index contributed by atoms with van der Waals surface area (Å²) in [5.41, 5.74) is 0.573. The lowest BCUT2D eigenvalue weighted by Crippen LogP contribution is -1.91. The minimum absolute atomic E-state index is 0.0162. The van der Waals surface area contributed by atoms with Crippen LogP contribution in [-0.2, 0) is 0 Å². The Balaban J connectivity index is 1.86. The molecule has 0 saturated heterocycles. The summed E-state index contributed by atoms with van der Waals surface area (Å²) in [7, 11) is 0. The van der Waals surface area contributed by atoms with Crippen molar-refractivity contribution in [2.75, 3.05) is 5.32 Å². The first-order chi connectivity index (χ1) is 10.5. The molecule has 0 atom stereocenters. The second kappa shape index (κ2) is 5.69. The van der Waals surface area contributed by atoms with Crippen LogP contribution >= 0.6 is 11.6 Å². The molecule has 0 aliphatic rings. The molecule has 0 aliphatic heterocycles. The molecule has 0 amide bonds. The number of nitrogens with one attached hydrogen (secondary N) is 1. The van der Waals surface area contributed by atoms with Gasteiger partial charge in [-0.2, -0.15) is 0 Å². The van der Waals surface area contributed by atoms with Crippen molar-refractivity contribution in [2.45, 2.75) is 0 Å². The zero-order valence-corrected chi connectivity index (χ0v) is 11.5. The van der Waals surface area contributed by atoms with Gasteiger partial charge in [-0.25, -0.2) is 13.2 Å². The third-order valence-electron chi connectivity index (χ3n) is 2.75. The summed E-state index contributed by atoms with van der Waals surface area (Å²) in [5.74, 6) is -4.36. The molecule has 0 spiro atoms. The first kappa shape index (κ1) is 14.4. The molecule has 2 aromatic carbocycles. The number of nitrogens with zero attached hydrogens (tertiary/aromatic N) is 2. The molecule has 1 heterocycles. The quantitative estimate of drug-likeness (QED) is 0.718. The molecule has 8 heteroatoms. The van der Waals surface area contributed by atoms with E-state index in [2.05, 4.69) is 15.5 Å². The van der Waals surface area contributed by atoms with Crippen molar-refractivity contribution in [3.05, 3.63) is 58.9 Å². The van der Waals surface area contributed by atoms with Gasteiger partial charge in [-0.3, -0.25) is 0 Å². The van der Waals surface area contributed by atoms with E-state index in [1.165, 1.54) is 0 Å². The number of hydrogen-bond donors (Lipinski definition) is 1. The van der Waals surface area contributed by atoms with Gasteiger partial charge in [0.2, 0.25) is 5.89 Å². The standard InChI is InChI=1S/C14H7ClF3N3O/c15-8-1-3-9(4-2-8)19-14-21-20-13(22-14)7-5-10(16)12(18)11(17)6-7/h1-6H,(H,19,21). The van der Waals surface area contributed by atoms with Gasteiger partial charge in [0.25, 0.3) is 0 Å². The number of anilines is 2. The Morgan fingerprint density at radius 1 is 0.955 bits per heavy atom. The molecule has 0 saturated carbocycles. The smallest absolute Gasteiger partial charge is 0.320 e. The second-order valence-electron chi connectivity index (χ2n) is 4.30. The highest BCUT2D eigenvalue weighted by molar-refractivity contribution is 6.30. The molecule has 1 aromatic heterocycles. The van der Waals surface area contributed by atoms with Crippen molar-refractivity contribution in [2.24, 2.45) is 0 Å². The van der Waals surface area contributed by atoms with Gasteiger partial charge in [0.1, 0.15) is 0 Å². The highest BCUT2D eigenvalue weighted by Crippen LogP contribution is 2.25. The summed E-state index contributed by atoms with van der Waals surface area (Å²) in [6, 6.07) is 8.25. The van der Waals surface area contributed by atoms with Gasteiger partial charge in [0.05, 0.1) is 0 Å². The Morgan fingerprint density at radius 2 is 1.59 bits per heavy atom. The maximum Gasteiger partial charge on any atom is 0.320 e. The van der Waals surface area contributed by atoms with E-state index in [4.69, 9.17) is 16.0 Å². The normalized spacial score (nSPS) is 10.7. The fourth-order valence-electron chi connectivity index (χ4n) is 1.73. The van der Waals surface area contributed by atoms with Gasteiger partial charge < -0.3 is 9.73 Å². The van der Waals surface area contributed by atoms with Crippen molar-refractivity contribution < 1.29 is 17.6 Å². The molecule has 4 nitrogen and oxygen atoms in total. The zero-order chi connectivity index (χ0) is 15.7. The molecule has 0 bridgehead atoms. The van der Waals surface area contributed by atoms with Gasteiger partial charge in [0, 0.05) is 16.3 Å². The van der Waals surface area contributed by atoms with E-state index in [9.17, 15) is 13.2 Å². The summed E-state index contributed by atoms with van der Waals surface area (Å²) in [5, 5.41) is 10.7. The molecule has 0 radical (unpaired) electrons. The van der Waals surface area contributed by atoms with E-state index in [0.29, 0.717) is 10.7 Å². The van der Waals surface area contributed by atoms with E-state index in [0.717, 1.165) is 12.1 Å². The van der Waals surface area contributed by atoms with Gasteiger partial charge in [-0.05, 0) is 36.4 Å². The molecule has 3 aromatic rings. The summed E-state index contributed by atoms with van der Waals surface area (Å²) in [6.45, 7) is 0. The van der Waals surface area contributed by atoms with Gasteiger partial charge in [-0.1, -0.05) is 16.7 Å². The van der Waals surface area contributed by atoms with E-state index in [1.54, 1.807) is 24.3 Å². The molecule has 112 valence electrons. The lowest BCUT2D eigenvalue weighted by atomic mass is 10.2. The molecular formula is C14H7ClF3N3O. The SMILES string of the molecule is Fc1cc(-c2nnc(Nc3ccc(Cl)cc3)o2)cc(F)c1F. The predicted molar refractivity (Wildman–Crippen MR) is 74.3 cm³/mol. The summed E-state index contributed by atoms with van der Waals surface area (Å²) in [4.78, 5) is 0. The van der Waals surface area contributed by atoms with Gasteiger partial charge >= 0.3 is 6.01 Å². The summed E-state index contributed by atoms with van der Waals surface area (Å²) < 4.78 is 44.5. The number of benzene rings is 2. The Labute approximate surface area is 127 Å². The second-order valence-corrected chi connectivity index (χ2v) is 4.73. The zero-order valence-electron chi connectivity index (χ0n) is 10.8. The van der Waals surface area contributed by atoms with Crippen molar-refractivity contribution in [3.8, 4) is 11.5 Å². The van der Waals surface area contributed by atoms with Crippen LogP contribution < -0.4 is 5.32 Å². The highest BCUT2D eigenvalue weighted by atomic mass is 35.5. The van der Waals surface area contributed by atoms with Crippen LogP contribution in [0.1, 0.15) is 0 Å². The Morgan fingerprint density at radius 3 is 2.23 bits per heavy atom. The maximum absolute atomic E-state index is 13.2. The fourth-order valence-corrected chi connectivity index (χ4v) is 1.85. The number of hydrogen-bond acceptors (Lipinski definition) is 4. The third-order valence-corrected chi connectivity index (χ3v) is 3.00. The summed E-state index contributed by atoms with van der Waals surface area (Å²) >= 11 is 5.76. The van der Waals surface area contributed by atoms with Crippen LogP contribution in [0.2, 0.25) is 5.02 Å². The predicted octanol–water partition coefficient (Wildman–Crippen LogP) is 4.55. The summed E-state index contributed by atoms with van der Waals surface area (Å²) in [6.07, 6.45) is 0. The van der Waals surface area contributed by atoms with Crippen LogP contribution in [0.15, 0.2) is 40.8 Å². The lowest BCUT2D eigenvalue weighted by Gasteiger charge is -2.01.